The Morgan fingerprint density at radius 2 is 1.69 bits per heavy atom. The minimum Gasteiger partial charge on any atom is -0.497 e. The molecule has 0 radical (unpaired) electrons. The predicted octanol–water partition coefficient (Wildman–Crippen LogP) is 4.44. The van der Waals surface area contributed by atoms with Crippen LogP contribution >= 0.6 is 11.6 Å². The molecular weight excluding hydrogens is 356 g/mol. The minimum absolute atomic E-state index is 0.0442. The summed E-state index contributed by atoms with van der Waals surface area (Å²) in [7, 11) is 1.57. The van der Waals surface area contributed by atoms with E-state index in [4.69, 9.17) is 30.9 Å². The summed E-state index contributed by atoms with van der Waals surface area (Å²) in [6.45, 7) is 4.55. The van der Waals surface area contributed by atoms with Gasteiger partial charge in [-0.25, -0.2) is 0 Å². The van der Waals surface area contributed by atoms with Crippen LogP contribution in [0, 0.1) is 13.8 Å². The maximum absolute atomic E-state index is 10.8. The van der Waals surface area contributed by atoms with E-state index < -0.39 is 5.97 Å². The number of ether oxygens (including phenoxy) is 3. The summed E-state index contributed by atoms with van der Waals surface area (Å²) in [6, 6.07) is 9.15. The van der Waals surface area contributed by atoms with Gasteiger partial charge in [0.25, 0.3) is 0 Å². The number of carbonyl (C=O) groups is 1. The molecule has 2 rings (SSSR count). The van der Waals surface area contributed by atoms with Crippen molar-refractivity contribution in [2.45, 2.75) is 26.7 Å². The molecule has 0 unspecified atom stereocenters. The summed E-state index contributed by atoms with van der Waals surface area (Å²) in [6.07, 6.45) is 0.438. The smallest absolute Gasteiger partial charge is 0.303 e. The number of hydrogen-bond acceptors (Lipinski definition) is 4. The van der Waals surface area contributed by atoms with E-state index in [0.717, 1.165) is 27.5 Å². The van der Waals surface area contributed by atoms with E-state index in [2.05, 4.69) is 0 Å². The van der Waals surface area contributed by atoms with E-state index in [1.54, 1.807) is 19.2 Å². The molecule has 140 valence electrons. The van der Waals surface area contributed by atoms with Crippen LogP contribution in [0.3, 0.4) is 0 Å². The fourth-order valence-corrected chi connectivity index (χ4v) is 2.65. The Kier molecular flexibility index (Phi) is 7.16. The lowest BCUT2D eigenvalue weighted by Crippen LogP contribution is -2.11. The molecule has 0 aromatic heterocycles. The molecule has 0 heterocycles. The molecule has 0 saturated carbocycles. The molecule has 2 aromatic carbocycles. The SMILES string of the molecule is COc1ccc(CCC(=O)O)c(OCCOc2cc(C)c(Cl)c(C)c2)c1. The highest BCUT2D eigenvalue weighted by Gasteiger charge is 2.09. The Morgan fingerprint density at radius 1 is 1.04 bits per heavy atom. The maximum Gasteiger partial charge on any atom is 0.303 e. The monoisotopic (exact) mass is 378 g/mol. The molecule has 0 spiro atoms. The van der Waals surface area contributed by atoms with E-state index in [0.29, 0.717) is 31.1 Å². The molecule has 0 atom stereocenters. The van der Waals surface area contributed by atoms with Gasteiger partial charge >= 0.3 is 5.97 Å². The van der Waals surface area contributed by atoms with Gasteiger partial charge in [0, 0.05) is 17.5 Å². The van der Waals surface area contributed by atoms with Gasteiger partial charge in [-0.2, -0.15) is 0 Å². The maximum atomic E-state index is 10.8. The summed E-state index contributed by atoms with van der Waals surface area (Å²) < 4.78 is 16.7. The van der Waals surface area contributed by atoms with Crippen molar-refractivity contribution in [3.63, 3.8) is 0 Å². The lowest BCUT2D eigenvalue weighted by molar-refractivity contribution is -0.136. The van der Waals surface area contributed by atoms with Gasteiger partial charge < -0.3 is 19.3 Å². The number of carboxylic acid groups (broad SMARTS) is 1. The molecule has 0 aliphatic rings. The first-order valence-corrected chi connectivity index (χ1v) is 8.69. The Hall–Kier alpha value is -2.40. The van der Waals surface area contributed by atoms with Crippen molar-refractivity contribution in [3.05, 3.63) is 52.0 Å². The highest BCUT2D eigenvalue weighted by Crippen LogP contribution is 2.27. The van der Waals surface area contributed by atoms with E-state index >= 15 is 0 Å². The summed E-state index contributed by atoms with van der Waals surface area (Å²) in [4.78, 5) is 10.8. The van der Waals surface area contributed by atoms with E-state index in [1.807, 2.05) is 32.0 Å². The van der Waals surface area contributed by atoms with Crippen molar-refractivity contribution in [2.24, 2.45) is 0 Å². The molecule has 0 aliphatic carbocycles. The quantitative estimate of drug-likeness (QED) is 0.653. The number of halogens is 1. The zero-order valence-corrected chi connectivity index (χ0v) is 15.9. The number of methoxy groups -OCH3 is 1. The summed E-state index contributed by atoms with van der Waals surface area (Å²) in [5, 5.41) is 9.62. The molecule has 1 N–H and O–H groups in total. The second-order valence-corrected chi connectivity index (χ2v) is 6.31. The average molecular weight is 379 g/mol. The van der Waals surface area contributed by atoms with Crippen molar-refractivity contribution < 1.29 is 24.1 Å². The number of benzene rings is 2. The largest absolute Gasteiger partial charge is 0.497 e. The predicted molar refractivity (Wildman–Crippen MR) is 101 cm³/mol. The molecule has 26 heavy (non-hydrogen) atoms. The van der Waals surface area contributed by atoms with Crippen molar-refractivity contribution in [3.8, 4) is 17.2 Å². The second kappa shape index (κ2) is 9.34. The summed E-state index contributed by atoms with van der Waals surface area (Å²) in [5.74, 6) is 1.16. The van der Waals surface area contributed by atoms with Crippen LogP contribution in [0.1, 0.15) is 23.1 Å². The van der Waals surface area contributed by atoms with Crippen LogP contribution in [0.4, 0.5) is 0 Å². The van der Waals surface area contributed by atoms with Crippen LogP contribution in [0.15, 0.2) is 30.3 Å². The van der Waals surface area contributed by atoms with Crippen LogP contribution < -0.4 is 14.2 Å². The molecular formula is C20H23ClO5. The van der Waals surface area contributed by atoms with Crippen molar-refractivity contribution in [2.75, 3.05) is 20.3 Å². The van der Waals surface area contributed by atoms with Gasteiger partial charge in [0.1, 0.15) is 30.5 Å². The Morgan fingerprint density at radius 3 is 2.31 bits per heavy atom. The number of rotatable bonds is 9. The van der Waals surface area contributed by atoms with Crippen molar-refractivity contribution >= 4 is 17.6 Å². The molecule has 0 fully saturated rings. The zero-order chi connectivity index (χ0) is 19.1. The standard InChI is InChI=1S/C20H23ClO5/c1-13-10-17(11-14(2)20(13)21)25-8-9-26-18-12-16(24-3)6-4-15(18)5-7-19(22)23/h4,6,10-12H,5,7-9H2,1-3H3,(H,22,23). The van der Waals surface area contributed by atoms with Gasteiger partial charge in [0.15, 0.2) is 0 Å². The van der Waals surface area contributed by atoms with Crippen LogP contribution in [-0.2, 0) is 11.2 Å². The molecule has 5 nitrogen and oxygen atoms in total. The lowest BCUT2D eigenvalue weighted by Gasteiger charge is -2.14. The molecule has 0 bridgehead atoms. The summed E-state index contributed by atoms with van der Waals surface area (Å²) in [5.41, 5.74) is 2.75. The van der Waals surface area contributed by atoms with Crippen molar-refractivity contribution in [1.82, 2.24) is 0 Å². The Balaban J connectivity index is 1.96. The fourth-order valence-electron chi connectivity index (χ4n) is 2.54. The lowest BCUT2D eigenvalue weighted by atomic mass is 10.1. The van der Waals surface area contributed by atoms with E-state index in [-0.39, 0.29) is 6.42 Å². The van der Waals surface area contributed by atoms with E-state index in [9.17, 15) is 4.79 Å². The Labute approximate surface area is 158 Å². The third kappa shape index (κ3) is 5.56. The third-order valence-electron chi connectivity index (χ3n) is 3.90. The Bertz CT molecular complexity index is 750. The highest BCUT2D eigenvalue weighted by molar-refractivity contribution is 6.32. The first kappa shape index (κ1) is 19.9. The van der Waals surface area contributed by atoms with Crippen LogP contribution in [0.2, 0.25) is 5.02 Å². The zero-order valence-electron chi connectivity index (χ0n) is 15.2. The van der Waals surface area contributed by atoms with E-state index in [1.165, 1.54) is 0 Å². The minimum atomic E-state index is -0.844. The normalized spacial score (nSPS) is 10.5. The van der Waals surface area contributed by atoms with Crippen LogP contribution in [0.5, 0.6) is 17.2 Å². The van der Waals surface area contributed by atoms with Gasteiger partial charge in [-0.15, -0.1) is 0 Å². The van der Waals surface area contributed by atoms with Gasteiger partial charge in [0.2, 0.25) is 0 Å². The molecule has 2 aromatic rings. The van der Waals surface area contributed by atoms with Crippen molar-refractivity contribution in [1.29, 1.82) is 0 Å². The number of hydrogen-bond donors (Lipinski definition) is 1. The number of aryl methyl sites for hydroxylation is 3. The van der Waals surface area contributed by atoms with Gasteiger partial charge in [-0.1, -0.05) is 17.7 Å². The average Bonchev–Trinajstić information content (AvgIpc) is 2.61. The second-order valence-electron chi connectivity index (χ2n) is 5.94. The van der Waals surface area contributed by atoms with Gasteiger partial charge in [-0.05, 0) is 55.2 Å². The molecule has 0 aliphatic heterocycles. The topological polar surface area (TPSA) is 65.0 Å². The number of aliphatic carboxylic acids is 1. The number of carboxylic acids is 1. The molecule has 0 saturated heterocycles. The van der Waals surface area contributed by atoms with Gasteiger partial charge in [-0.3, -0.25) is 4.79 Å². The highest BCUT2D eigenvalue weighted by atomic mass is 35.5. The fraction of sp³-hybridized carbons (Fsp3) is 0.350. The van der Waals surface area contributed by atoms with Crippen LogP contribution in [0.25, 0.3) is 0 Å². The van der Waals surface area contributed by atoms with Gasteiger partial charge in [0.05, 0.1) is 7.11 Å². The molecule has 0 amide bonds. The first-order chi connectivity index (χ1) is 12.4. The molecule has 6 heteroatoms. The first-order valence-electron chi connectivity index (χ1n) is 8.31. The third-order valence-corrected chi connectivity index (χ3v) is 4.50. The van der Waals surface area contributed by atoms with Crippen LogP contribution in [-0.4, -0.2) is 31.4 Å². The summed E-state index contributed by atoms with van der Waals surface area (Å²) >= 11 is 6.16.